The number of fused-ring (bicyclic) bond motifs is 1. The number of hydrogen-bond donors (Lipinski definition) is 1. The average molecular weight is 532 g/mol. The van der Waals surface area contributed by atoms with Crippen molar-refractivity contribution in [1.29, 1.82) is 0 Å². The monoisotopic (exact) mass is 531 g/mol. The number of aromatic nitrogens is 3. The first-order valence-electron chi connectivity index (χ1n) is 14.1. The van der Waals surface area contributed by atoms with E-state index in [0.29, 0.717) is 17.8 Å². The summed E-state index contributed by atoms with van der Waals surface area (Å²) >= 11 is 0. The molecule has 0 spiro atoms. The second-order valence-corrected chi connectivity index (χ2v) is 10.5. The summed E-state index contributed by atoms with van der Waals surface area (Å²) < 4.78 is 1.87. The highest BCUT2D eigenvalue weighted by atomic mass is 16.1. The van der Waals surface area contributed by atoms with Gasteiger partial charge in [0.2, 0.25) is 0 Å². The molecule has 0 bridgehead atoms. The standard InChI is InChI=1S/C34H37N5O/c1-4-5-19-38(3)22-27-15-12-18-29(20-27)32-21-30(34(40)35-25(2)28-16-10-7-11-17-28)31-24-39(37-33(31)36-32)23-26-13-8-6-9-14-26/h6-18,20-21,24-25H,4-5,19,22-23H2,1-3H3,(H,35,40)/t25-/m0/s1. The molecule has 0 aliphatic heterocycles. The summed E-state index contributed by atoms with van der Waals surface area (Å²) in [4.78, 5) is 21.0. The summed E-state index contributed by atoms with van der Waals surface area (Å²) in [7, 11) is 2.16. The number of benzene rings is 3. The summed E-state index contributed by atoms with van der Waals surface area (Å²) in [6, 6.07) is 30.4. The predicted molar refractivity (Wildman–Crippen MR) is 162 cm³/mol. The first kappa shape index (κ1) is 27.3. The number of pyridine rings is 1. The summed E-state index contributed by atoms with van der Waals surface area (Å²) in [5.74, 6) is -0.139. The highest BCUT2D eigenvalue weighted by Gasteiger charge is 2.19. The molecule has 5 aromatic rings. The van der Waals surface area contributed by atoms with Crippen LogP contribution in [0, 0.1) is 0 Å². The van der Waals surface area contributed by atoms with Crippen LogP contribution in [0.1, 0.15) is 59.8 Å². The zero-order valence-corrected chi connectivity index (χ0v) is 23.5. The van der Waals surface area contributed by atoms with Crippen molar-refractivity contribution in [2.75, 3.05) is 13.6 Å². The topological polar surface area (TPSA) is 63.1 Å². The molecule has 0 aliphatic rings. The van der Waals surface area contributed by atoms with E-state index in [1.54, 1.807) is 0 Å². The van der Waals surface area contributed by atoms with Crippen LogP contribution in [0.3, 0.4) is 0 Å². The molecule has 1 N–H and O–H groups in total. The van der Waals surface area contributed by atoms with Crippen LogP contribution in [0.5, 0.6) is 0 Å². The van der Waals surface area contributed by atoms with E-state index >= 15 is 0 Å². The third-order valence-corrected chi connectivity index (χ3v) is 7.19. The Balaban J connectivity index is 1.50. The van der Waals surface area contributed by atoms with Crippen LogP contribution in [0.2, 0.25) is 0 Å². The molecular formula is C34H37N5O. The third kappa shape index (κ3) is 6.64. The molecule has 2 heterocycles. The SMILES string of the molecule is CCCCN(C)Cc1cccc(-c2cc(C(=O)N[C@@H](C)c3ccccc3)c3cn(Cc4ccccc4)nc3n2)c1. The Labute approximate surface area is 236 Å². The highest BCUT2D eigenvalue weighted by Crippen LogP contribution is 2.26. The Hall–Kier alpha value is -4.29. The molecule has 204 valence electrons. The second kappa shape index (κ2) is 12.7. The van der Waals surface area contributed by atoms with Gasteiger partial charge in [0.25, 0.3) is 5.91 Å². The van der Waals surface area contributed by atoms with Crippen molar-refractivity contribution >= 4 is 16.9 Å². The molecule has 2 aromatic heterocycles. The Kier molecular flexibility index (Phi) is 8.67. The molecule has 6 heteroatoms. The molecule has 0 fully saturated rings. The molecule has 0 aliphatic carbocycles. The Morgan fingerprint density at radius 1 is 0.950 bits per heavy atom. The third-order valence-electron chi connectivity index (χ3n) is 7.19. The maximum atomic E-state index is 13.7. The van der Waals surface area contributed by atoms with E-state index in [4.69, 9.17) is 10.1 Å². The Morgan fingerprint density at radius 3 is 2.42 bits per heavy atom. The fourth-order valence-electron chi connectivity index (χ4n) is 4.98. The number of carbonyl (C=O) groups is 1. The molecular weight excluding hydrogens is 494 g/mol. The van der Waals surface area contributed by atoms with Crippen LogP contribution in [-0.4, -0.2) is 39.2 Å². The Morgan fingerprint density at radius 2 is 1.68 bits per heavy atom. The van der Waals surface area contributed by atoms with Gasteiger partial charge in [0.05, 0.1) is 29.2 Å². The average Bonchev–Trinajstić information content (AvgIpc) is 3.38. The van der Waals surface area contributed by atoms with Gasteiger partial charge >= 0.3 is 0 Å². The molecule has 0 radical (unpaired) electrons. The first-order chi connectivity index (χ1) is 19.5. The molecule has 6 nitrogen and oxygen atoms in total. The van der Waals surface area contributed by atoms with Crippen molar-refractivity contribution in [3.05, 3.63) is 119 Å². The van der Waals surface area contributed by atoms with E-state index in [1.165, 1.54) is 18.4 Å². The van der Waals surface area contributed by atoms with Crippen molar-refractivity contribution in [2.45, 2.75) is 45.8 Å². The molecule has 0 saturated heterocycles. The predicted octanol–water partition coefficient (Wildman–Crippen LogP) is 6.87. The van der Waals surface area contributed by atoms with E-state index in [2.05, 4.69) is 60.6 Å². The number of carbonyl (C=O) groups excluding carboxylic acids is 1. The number of amides is 1. The van der Waals surface area contributed by atoms with Crippen LogP contribution in [0.4, 0.5) is 0 Å². The van der Waals surface area contributed by atoms with Crippen molar-refractivity contribution in [3.63, 3.8) is 0 Å². The fourth-order valence-corrected chi connectivity index (χ4v) is 4.98. The van der Waals surface area contributed by atoms with Gasteiger partial charge in [0.15, 0.2) is 5.65 Å². The number of hydrogen-bond acceptors (Lipinski definition) is 4. The lowest BCUT2D eigenvalue weighted by Crippen LogP contribution is -2.26. The number of nitrogens with zero attached hydrogens (tertiary/aromatic N) is 4. The van der Waals surface area contributed by atoms with Crippen molar-refractivity contribution in [1.82, 2.24) is 25.0 Å². The zero-order chi connectivity index (χ0) is 27.9. The summed E-state index contributed by atoms with van der Waals surface area (Å²) in [6.07, 6.45) is 4.29. The lowest BCUT2D eigenvalue weighted by atomic mass is 10.0. The smallest absolute Gasteiger partial charge is 0.252 e. The quantitative estimate of drug-likeness (QED) is 0.202. The second-order valence-electron chi connectivity index (χ2n) is 10.5. The fraction of sp³-hybridized carbons (Fsp3) is 0.265. The van der Waals surface area contributed by atoms with Crippen LogP contribution in [0.15, 0.2) is 97.2 Å². The van der Waals surface area contributed by atoms with Gasteiger partial charge in [-0.25, -0.2) is 4.98 Å². The molecule has 1 atom stereocenters. The van der Waals surface area contributed by atoms with E-state index in [-0.39, 0.29) is 11.9 Å². The van der Waals surface area contributed by atoms with Gasteiger partial charge in [-0.3, -0.25) is 9.48 Å². The lowest BCUT2D eigenvalue weighted by molar-refractivity contribution is 0.0941. The minimum Gasteiger partial charge on any atom is -0.345 e. The normalized spacial score (nSPS) is 12.1. The molecule has 0 saturated carbocycles. The van der Waals surface area contributed by atoms with Gasteiger partial charge < -0.3 is 10.2 Å². The minimum absolute atomic E-state index is 0.137. The minimum atomic E-state index is -0.139. The number of nitrogens with one attached hydrogen (secondary N) is 1. The van der Waals surface area contributed by atoms with Gasteiger partial charge in [-0.1, -0.05) is 92.2 Å². The molecule has 0 unspecified atom stereocenters. The van der Waals surface area contributed by atoms with E-state index in [1.807, 2.05) is 72.4 Å². The van der Waals surface area contributed by atoms with E-state index in [9.17, 15) is 4.79 Å². The van der Waals surface area contributed by atoms with Crippen molar-refractivity contribution in [3.8, 4) is 11.3 Å². The summed E-state index contributed by atoms with van der Waals surface area (Å²) in [5, 5.41) is 8.73. The van der Waals surface area contributed by atoms with Gasteiger partial charge in [-0.05, 0) is 55.8 Å². The van der Waals surface area contributed by atoms with E-state index < -0.39 is 0 Å². The van der Waals surface area contributed by atoms with Gasteiger partial charge in [0.1, 0.15) is 0 Å². The molecule has 40 heavy (non-hydrogen) atoms. The first-order valence-corrected chi connectivity index (χ1v) is 14.1. The van der Waals surface area contributed by atoms with Gasteiger partial charge in [-0.2, -0.15) is 5.10 Å². The molecule has 1 amide bonds. The number of rotatable bonds is 11. The molecule has 3 aromatic carbocycles. The number of unbranched alkanes of at least 4 members (excludes halogenated alkanes) is 1. The largest absolute Gasteiger partial charge is 0.345 e. The van der Waals surface area contributed by atoms with Crippen LogP contribution >= 0.6 is 0 Å². The van der Waals surface area contributed by atoms with Crippen LogP contribution in [0.25, 0.3) is 22.3 Å². The van der Waals surface area contributed by atoms with Gasteiger partial charge in [0, 0.05) is 18.3 Å². The maximum absolute atomic E-state index is 13.7. The van der Waals surface area contributed by atoms with E-state index in [0.717, 1.165) is 40.9 Å². The van der Waals surface area contributed by atoms with Crippen LogP contribution in [-0.2, 0) is 13.1 Å². The Bertz CT molecular complexity index is 1560. The van der Waals surface area contributed by atoms with Crippen LogP contribution < -0.4 is 5.32 Å². The zero-order valence-electron chi connectivity index (χ0n) is 23.5. The highest BCUT2D eigenvalue weighted by molar-refractivity contribution is 6.06. The lowest BCUT2D eigenvalue weighted by Gasteiger charge is -2.17. The van der Waals surface area contributed by atoms with Crippen molar-refractivity contribution < 1.29 is 4.79 Å². The maximum Gasteiger partial charge on any atom is 0.252 e. The van der Waals surface area contributed by atoms with Gasteiger partial charge in [-0.15, -0.1) is 0 Å². The molecule has 5 rings (SSSR count). The van der Waals surface area contributed by atoms with Crippen molar-refractivity contribution in [2.24, 2.45) is 0 Å². The summed E-state index contributed by atoms with van der Waals surface area (Å²) in [6.45, 7) is 6.75. The summed E-state index contributed by atoms with van der Waals surface area (Å²) in [5.41, 5.74) is 6.28.